The van der Waals surface area contributed by atoms with E-state index in [1.165, 1.54) is 154 Å². The molecule has 0 heterocycles. The van der Waals surface area contributed by atoms with Gasteiger partial charge in [-0.05, 0) is 141 Å². The summed E-state index contributed by atoms with van der Waals surface area (Å²) in [4.78, 5) is 38.2. The lowest BCUT2D eigenvalue weighted by Gasteiger charge is -2.15. The van der Waals surface area contributed by atoms with Gasteiger partial charge in [0, 0.05) is 39.3 Å². The van der Waals surface area contributed by atoms with Crippen LogP contribution in [0.3, 0.4) is 0 Å². The number of amides is 6. The van der Waals surface area contributed by atoms with Crippen LogP contribution in [-0.2, 0) is 39.5 Å². The number of unbranched alkanes of at least 4 members (excludes halogenated alkanes) is 27. The molecular formula is C87H120N6O6. The van der Waals surface area contributed by atoms with E-state index in [0.717, 1.165) is 123 Å². The Hall–Kier alpha value is -8.25. The fraction of sp³-hybridized carbons (Fsp3) is 0.483. The Labute approximate surface area is 595 Å². The predicted molar refractivity (Wildman–Crippen MR) is 411 cm³/mol. The molecule has 0 atom stereocenters. The number of ether oxygens (including phenoxy) is 3. The van der Waals surface area contributed by atoms with Crippen LogP contribution < -0.4 is 46.1 Å². The van der Waals surface area contributed by atoms with Gasteiger partial charge in [0.05, 0.1) is 0 Å². The Morgan fingerprint density at radius 1 is 0.242 bits per heavy atom. The third-order valence-electron chi connectivity index (χ3n) is 18.4. The molecule has 0 aliphatic heterocycles. The summed E-state index contributed by atoms with van der Waals surface area (Å²) in [6.07, 6.45) is 37.9. The summed E-state index contributed by atoms with van der Waals surface area (Å²) in [5.41, 5.74) is 12.1. The number of rotatable bonds is 51. The molecule has 7 aromatic rings. The van der Waals surface area contributed by atoms with E-state index in [1.807, 2.05) is 72.8 Å². The first-order valence-electron chi connectivity index (χ1n) is 38.4. The van der Waals surface area contributed by atoms with Crippen molar-refractivity contribution in [3.05, 3.63) is 197 Å². The molecule has 534 valence electrons. The van der Waals surface area contributed by atoms with Gasteiger partial charge < -0.3 is 46.1 Å². The van der Waals surface area contributed by atoms with E-state index in [4.69, 9.17) is 14.2 Å². The second kappa shape index (κ2) is 48.5. The highest BCUT2D eigenvalue weighted by Gasteiger charge is 2.13. The number of urea groups is 3. The number of carbonyl (C=O) groups excluding carboxylic acids is 3. The van der Waals surface area contributed by atoms with Gasteiger partial charge in [-0.3, -0.25) is 0 Å². The summed E-state index contributed by atoms with van der Waals surface area (Å²) >= 11 is 0. The van der Waals surface area contributed by atoms with Gasteiger partial charge in [-0.2, -0.15) is 0 Å². The van der Waals surface area contributed by atoms with Crippen molar-refractivity contribution >= 4 is 18.1 Å². The fourth-order valence-corrected chi connectivity index (χ4v) is 12.6. The van der Waals surface area contributed by atoms with E-state index < -0.39 is 0 Å². The topological polar surface area (TPSA) is 151 Å². The Morgan fingerprint density at radius 2 is 0.475 bits per heavy atom. The third-order valence-corrected chi connectivity index (χ3v) is 18.4. The molecule has 7 aromatic carbocycles. The zero-order valence-electron chi connectivity index (χ0n) is 60.6. The van der Waals surface area contributed by atoms with Crippen LogP contribution in [0.5, 0.6) is 17.2 Å². The number of hydrogen-bond acceptors (Lipinski definition) is 6. The zero-order valence-corrected chi connectivity index (χ0v) is 60.6. The van der Waals surface area contributed by atoms with E-state index in [0.29, 0.717) is 59.1 Å². The molecule has 0 radical (unpaired) electrons. The van der Waals surface area contributed by atoms with E-state index in [1.54, 1.807) is 0 Å². The summed E-state index contributed by atoms with van der Waals surface area (Å²) in [5.74, 6) is 2.22. The summed E-state index contributed by atoms with van der Waals surface area (Å²) in [5, 5.41) is 18.2. The molecule has 0 fully saturated rings. The Kier molecular flexibility index (Phi) is 38.2. The molecule has 0 aliphatic rings. The highest BCUT2D eigenvalue weighted by molar-refractivity contribution is 5.82. The van der Waals surface area contributed by atoms with E-state index in [9.17, 15) is 14.4 Å². The van der Waals surface area contributed by atoms with Crippen LogP contribution in [0.2, 0.25) is 0 Å². The Bertz CT molecular complexity index is 3020. The van der Waals surface area contributed by atoms with Crippen molar-refractivity contribution in [3.8, 4) is 50.6 Å². The normalized spacial score (nSPS) is 11.1. The van der Waals surface area contributed by atoms with Crippen LogP contribution in [0.25, 0.3) is 33.4 Å². The maximum absolute atomic E-state index is 12.7. The summed E-state index contributed by atoms with van der Waals surface area (Å²) in [6, 6.07) is 55.5. The second-order valence-corrected chi connectivity index (χ2v) is 27.1. The second-order valence-electron chi connectivity index (χ2n) is 27.1. The molecule has 12 heteroatoms. The maximum Gasteiger partial charge on any atom is 0.315 e. The van der Waals surface area contributed by atoms with Crippen molar-refractivity contribution in [2.75, 3.05) is 19.6 Å². The molecule has 0 spiro atoms. The smallest absolute Gasteiger partial charge is 0.315 e. The molecule has 0 bridgehead atoms. The van der Waals surface area contributed by atoms with Gasteiger partial charge in [0.1, 0.15) is 37.1 Å². The van der Waals surface area contributed by atoms with Crippen molar-refractivity contribution in [1.29, 1.82) is 0 Å². The van der Waals surface area contributed by atoms with E-state index >= 15 is 0 Å². The monoisotopic (exact) mass is 1340 g/mol. The van der Waals surface area contributed by atoms with Crippen LogP contribution in [0.15, 0.2) is 164 Å². The SMILES string of the molecule is CCCCCCCCCCCCNC(=O)NCc1cccc(COc2cccc(-c3cc(-c4cccc(OCc5cccc(CNC(=O)NCCCCCCCCCCCC)c5)c4)cc(-c4cccc(OCc5cccc(CNC(=O)NCCCCCCCCCCCC)c5)c4)c3)c2)c1. The molecule has 0 unspecified atom stereocenters. The van der Waals surface area contributed by atoms with Crippen molar-refractivity contribution < 1.29 is 28.6 Å². The van der Waals surface area contributed by atoms with Gasteiger partial charge in [-0.25, -0.2) is 14.4 Å². The number of nitrogens with one attached hydrogen (secondary N) is 6. The number of hydrogen-bond donors (Lipinski definition) is 6. The molecule has 0 aromatic heterocycles. The van der Waals surface area contributed by atoms with Crippen molar-refractivity contribution in [2.45, 2.75) is 253 Å². The van der Waals surface area contributed by atoms with Crippen LogP contribution in [0.1, 0.15) is 247 Å². The molecule has 0 aliphatic carbocycles. The first-order valence-corrected chi connectivity index (χ1v) is 38.4. The largest absolute Gasteiger partial charge is 0.489 e. The standard InChI is InChI=1S/C87H120N6O6/c1-4-7-10-13-16-19-22-25-28-31-52-88-85(94)91-64-70-40-34-43-73(55-70)67-97-82-49-37-46-76(61-82)79-58-80(77-47-38-50-83(62-77)98-68-74-44-35-41-71(56-74)65-92-86(95)89-53-32-29-26-23-20-17-14-11-8-5-2)60-81(59-79)78-48-39-51-84(63-78)99-69-75-45-36-42-72(57-75)66-93-87(96)90-54-33-30-27-24-21-18-15-12-9-6-3/h34-51,55-63H,4-33,52-54,64-69H2,1-3H3,(H2,88,91,94)(H2,89,92,95)(H2,90,93,96). The van der Waals surface area contributed by atoms with Gasteiger partial charge in [-0.1, -0.05) is 303 Å². The highest BCUT2D eigenvalue weighted by atomic mass is 16.5. The quantitative estimate of drug-likeness (QED) is 0.0209. The molecular weight excluding hydrogens is 1220 g/mol. The predicted octanol–water partition coefficient (Wildman–Crippen LogP) is 22.6. The van der Waals surface area contributed by atoms with E-state index in [-0.39, 0.29) is 18.1 Å². The van der Waals surface area contributed by atoms with E-state index in [2.05, 4.69) is 144 Å². The average Bonchev–Trinajstić information content (AvgIpc) is 0.802. The minimum absolute atomic E-state index is 0.141. The van der Waals surface area contributed by atoms with Gasteiger partial charge in [-0.15, -0.1) is 0 Å². The minimum atomic E-state index is -0.141. The van der Waals surface area contributed by atoms with Crippen molar-refractivity contribution in [3.63, 3.8) is 0 Å². The Balaban J connectivity index is 0.962. The van der Waals surface area contributed by atoms with Crippen LogP contribution in [-0.4, -0.2) is 37.7 Å². The number of carbonyl (C=O) groups is 3. The van der Waals surface area contributed by atoms with Gasteiger partial charge in [0.2, 0.25) is 0 Å². The first-order chi connectivity index (χ1) is 48.7. The molecule has 0 saturated heterocycles. The van der Waals surface area contributed by atoms with Crippen LogP contribution >= 0.6 is 0 Å². The summed E-state index contributed by atoms with van der Waals surface area (Å²) < 4.78 is 19.5. The Morgan fingerprint density at radius 3 is 0.737 bits per heavy atom. The van der Waals surface area contributed by atoms with Gasteiger partial charge in [0.25, 0.3) is 0 Å². The van der Waals surface area contributed by atoms with Crippen molar-refractivity contribution in [1.82, 2.24) is 31.9 Å². The summed E-state index contributed by atoms with van der Waals surface area (Å²) in [6.45, 7) is 11.2. The van der Waals surface area contributed by atoms with Crippen molar-refractivity contribution in [2.24, 2.45) is 0 Å². The molecule has 12 nitrogen and oxygen atoms in total. The fourth-order valence-electron chi connectivity index (χ4n) is 12.6. The first kappa shape index (κ1) is 78.1. The van der Waals surface area contributed by atoms with Gasteiger partial charge >= 0.3 is 18.1 Å². The van der Waals surface area contributed by atoms with Crippen LogP contribution in [0, 0.1) is 0 Å². The third kappa shape index (κ3) is 33.0. The molecule has 6 amide bonds. The maximum atomic E-state index is 12.7. The lowest BCUT2D eigenvalue weighted by Crippen LogP contribution is -2.35. The summed E-state index contributed by atoms with van der Waals surface area (Å²) in [7, 11) is 0. The molecule has 6 N–H and O–H groups in total. The molecule has 0 saturated carbocycles. The highest BCUT2D eigenvalue weighted by Crippen LogP contribution is 2.37. The molecule has 99 heavy (non-hydrogen) atoms. The lowest BCUT2D eigenvalue weighted by molar-refractivity contribution is 0.239. The van der Waals surface area contributed by atoms with Gasteiger partial charge in [0.15, 0.2) is 0 Å². The molecule has 7 rings (SSSR count). The minimum Gasteiger partial charge on any atom is -0.489 e. The van der Waals surface area contributed by atoms with Crippen LogP contribution in [0.4, 0.5) is 14.4 Å². The lowest BCUT2D eigenvalue weighted by atomic mass is 9.93. The average molecular weight is 1350 g/mol. The zero-order chi connectivity index (χ0) is 69.4. The number of benzene rings is 7.